The second-order valence-electron chi connectivity index (χ2n) is 6.16. The molecule has 0 spiro atoms. The Morgan fingerprint density at radius 3 is 2.46 bits per heavy atom. The molecule has 2 heterocycles. The fourth-order valence-corrected chi connectivity index (χ4v) is 2.87. The van der Waals surface area contributed by atoms with Gasteiger partial charge < -0.3 is 5.32 Å². The Kier molecular flexibility index (Phi) is 5.17. The van der Waals surface area contributed by atoms with Crippen molar-refractivity contribution in [1.29, 1.82) is 0 Å². The monoisotopic (exact) mass is 390 g/mol. The van der Waals surface area contributed by atoms with Crippen LogP contribution in [0.25, 0.3) is 0 Å². The molecule has 6 nitrogen and oxygen atoms in total. The first kappa shape index (κ1) is 19.5. The molecule has 0 bridgehead atoms. The molecule has 0 saturated carbocycles. The minimum atomic E-state index is -5.13. The number of halogens is 3. The molecule has 2 aromatic rings. The highest BCUT2D eigenvalue weighted by atomic mass is 19.4. The molecular weight excluding hydrogens is 373 g/mol. The van der Waals surface area contributed by atoms with E-state index in [-0.39, 0.29) is 17.9 Å². The Morgan fingerprint density at radius 1 is 1.18 bits per heavy atom. The van der Waals surface area contributed by atoms with Gasteiger partial charge in [0.1, 0.15) is 5.84 Å². The fourth-order valence-electron chi connectivity index (χ4n) is 2.87. The van der Waals surface area contributed by atoms with Crippen LogP contribution in [0.15, 0.2) is 59.9 Å². The third-order valence-corrected chi connectivity index (χ3v) is 4.19. The van der Waals surface area contributed by atoms with Crippen LogP contribution in [0.2, 0.25) is 0 Å². The Labute approximate surface area is 159 Å². The van der Waals surface area contributed by atoms with E-state index in [9.17, 15) is 22.8 Å². The van der Waals surface area contributed by atoms with E-state index in [1.165, 1.54) is 18.3 Å². The van der Waals surface area contributed by atoms with Gasteiger partial charge in [-0.25, -0.2) is 4.99 Å². The van der Waals surface area contributed by atoms with Crippen LogP contribution in [0.5, 0.6) is 0 Å². The molecule has 0 fully saturated rings. The molecule has 0 saturated heterocycles. The van der Waals surface area contributed by atoms with Gasteiger partial charge in [0.05, 0.1) is 5.56 Å². The van der Waals surface area contributed by atoms with Gasteiger partial charge in [0.15, 0.2) is 0 Å². The quantitative estimate of drug-likeness (QED) is 0.853. The number of hydrogen-bond acceptors (Lipinski definition) is 4. The Balaban J connectivity index is 2.10. The Morgan fingerprint density at radius 2 is 1.89 bits per heavy atom. The third kappa shape index (κ3) is 3.35. The van der Waals surface area contributed by atoms with Gasteiger partial charge in [0, 0.05) is 24.5 Å². The lowest BCUT2D eigenvalue weighted by Gasteiger charge is -2.29. The highest BCUT2D eigenvalue weighted by Gasteiger charge is 2.67. The maximum absolute atomic E-state index is 14.1. The number of nitrogens with zero attached hydrogens (tertiary/aromatic N) is 3. The molecule has 0 unspecified atom stereocenters. The molecule has 1 aromatic heterocycles. The zero-order valence-electron chi connectivity index (χ0n) is 14.9. The van der Waals surface area contributed by atoms with E-state index in [1.54, 1.807) is 42.6 Å². The lowest BCUT2D eigenvalue weighted by atomic mass is 10.1. The van der Waals surface area contributed by atoms with Crippen molar-refractivity contribution < 1.29 is 22.8 Å². The number of pyridine rings is 1. The average Bonchev–Trinajstić information content (AvgIpc) is 2.97. The van der Waals surface area contributed by atoms with Crippen molar-refractivity contribution >= 4 is 17.6 Å². The zero-order chi connectivity index (χ0) is 20.4. The molecule has 146 valence electrons. The number of alkyl halides is 3. The molecule has 0 aliphatic carbocycles. The Bertz CT molecular complexity index is 900. The van der Waals surface area contributed by atoms with Gasteiger partial charge in [-0.1, -0.05) is 37.3 Å². The normalized spacial score (nSPS) is 19.5. The summed E-state index contributed by atoms with van der Waals surface area (Å²) in [4.78, 5) is 33.7. The van der Waals surface area contributed by atoms with Gasteiger partial charge in [-0.3, -0.25) is 19.5 Å². The lowest BCUT2D eigenvalue weighted by molar-refractivity contribution is -0.196. The highest BCUT2D eigenvalue weighted by Crippen LogP contribution is 2.38. The van der Waals surface area contributed by atoms with Crippen LogP contribution in [-0.2, 0) is 4.79 Å². The summed E-state index contributed by atoms with van der Waals surface area (Å²) in [5.74, 6) is -2.55. The van der Waals surface area contributed by atoms with Crippen LogP contribution < -0.4 is 5.32 Å². The number of rotatable bonds is 5. The minimum absolute atomic E-state index is 0.0349. The predicted octanol–water partition coefficient (Wildman–Crippen LogP) is 2.77. The summed E-state index contributed by atoms with van der Waals surface area (Å²) < 4.78 is 42.2. The van der Waals surface area contributed by atoms with Crippen LogP contribution in [0.1, 0.15) is 29.3 Å². The summed E-state index contributed by atoms with van der Waals surface area (Å²) in [6.07, 6.45) is -2.22. The van der Waals surface area contributed by atoms with Gasteiger partial charge in [0.2, 0.25) is 0 Å². The summed E-state index contributed by atoms with van der Waals surface area (Å²) in [6.45, 7) is 1.77. The molecule has 1 N–H and O–H groups in total. The van der Waals surface area contributed by atoms with E-state index < -0.39 is 23.7 Å². The molecule has 3 rings (SSSR count). The number of aliphatic imine (C=N–C) groups is 1. The van der Waals surface area contributed by atoms with Crippen molar-refractivity contribution in [3.63, 3.8) is 0 Å². The van der Waals surface area contributed by atoms with Crippen molar-refractivity contribution in [3.8, 4) is 0 Å². The predicted molar refractivity (Wildman–Crippen MR) is 95.5 cm³/mol. The second kappa shape index (κ2) is 7.41. The average molecular weight is 390 g/mol. The largest absolute Gasteiger partial charge is 0.442 e. The standard InChI is InChI=1S/C19H17F3N4O2/c1-2-11-26-15(13-7-4-3-5-8-13)24-18(17(26)28,19(20,21)22)25-16(27)14-9-6-10-23-12-14/h3-10,12H,2,11H2,1H3,(H,25,27)/t18-/m1/s1. The number of benzene rings is 1. The highest BCUT2D eigenvalue weighted by molar-refractivity contribution is 6.16. The maximum atomic E-state index is 14.1. The molecule has 9 heteroatoms. The fraction of sp³-hybridized carbons (Fsp3) is 0.263. The number of aromatic nitrogens is 1. The van der Waals surface area contributed by atoms with Crippen molar-refractivity contribution in [2.45, 2.75) is 25.2 Å². The van der Waals surface area contributed by atoms with Crippen LogP contribution >= 0.6 is 0 Å². The smallest absolute Gasteiger partial charge is 0.312 e. The number of carbonyl (C=O) groups is 2. The van der Waals surface area contributed by atoms with Gasteiger partial charge in [-0.05, 0) is 18.6 Å². The van der Waals surface area contributed by atoms with Crippen molar-refractivity contribution in [2.75, 3.05) is 6.54 Å². The summed E-state index contributed by atoms with van der Waals surface area (Å²) in [7, 11) is 0. The summed E-state index contributed by atoms with van der Waals surface area (Å²) in [6, 6.07) is 10.8. The van der Waals surface area contributed by atoms with Crippen LogP contribution in [0, 0.1) is 0 Å². The van der Waals surface area contributed by atoms with Gasteiger partial charge in [-0.15, -0.1) is 0 Å². The topological polar surface area (TPSA) is 74.7 Å². The van der Waals surface area contributed by atoms with E-state index in [1.807, 2.05) is 0 Å². The van der Waals surface area contributed by atoms with Crippen LogP contribution in [-0.4, -0.2) is 45.9 Å². The van der Waals surface area contributed by atoms with E-state index in [0.29, 0.717) is 12.0 Å². The first-order valence-electron chi connectivity index (χ1n) is 8.56. The first-order chi connectivity index (χ1) is 13.3. The van der Waals surface area contributed by atoms with Gasteiger partial charge >= 0.3 is 11.8 Å². The lowest BCUT2D eigenvalue weighted by Crippen LogP contribution is -2.63. The molecule has 0 radical (unpaired) electrons. The minimum Gasteiger partial charge on any atom is -0.312 e. The van der Waals surface area contributed by atoms with Crippen molar-refractivity contribution in [2.24, 2.45) is 4.99 Å². The van der Waals surface area contributed by atoms with E-state index in [4.69, 9.17) is 0 Å². The van der Waals surface area contributed by atoms with Crippen LogP contribution in [0.4, 0.5) is 13.2 Å². The molecule has 1 aromatic carbocycles. The molecular formula is C19H17F3N4O2. The zero-order valence-corrected chi connectivity index (χ0v) is 14.9. The van der Waals surface area contributed by atoms with Crippen molar-refractivity contribution in [3.05, 3.63) is 66.0 Å². The number of hydrogen-bond donors (Lipinski definition) is 1. The number of amidine groups is 1. The molecule has 1 aliphatic heterocycles. The summed E-state index contributed by atoms with van der Waals surface area (Å²) in [5, 5.41) is 1.80. The van der Waals surface area contributed by atoms with E-state index in [2.05, 4.69) is 9.98 Å². The molecule has 2 amide bonds. The SMILES string of the molecule is CCCN1C(=O)[C@@](NC(=O)c2cccnc2)(C(F)(F)F)N=C1c1ccccc1. The summed E-state index contributed by atoms with van der Waals surface area (Å²) in [5.41, 5.74) is -3.14. The van der Waals surface area contributed by atoms with E-state index >= 15 is 0 Å². The Hall–Kier alpha value is -3.23. The first-order valence-corrected chi connectivity index (χ1v) is 8.56. The van der Waals surface area contributed by atoms with Gasteiger partial charge in [0.25, 0.3) is 11.8 Å². The van der Waals surface area contributed by atoms with E-state index in [0.717, 1.165) is 11.1 Å². The summed E-state index contributed by atoms with van der Waals surface area (Å²) >= 11 is 0. The molecule has 1 atom stereocenters. The molecule has 28 heavy (non-hydrogen) atoms. The third-order valence-electron chi connectivity index (χ3n) is 4.19. The van der Waals surface area contributed by atoms with Crippen molar-refractivity contribution in [1.82, 2.24) is 15.2 Å². The maximum Gasteiger partial charge on any atom is 0.442 e. The second-order valence-corrected chi connectivity index (χ2v) is 6.16. The number of carbonyl (C=O) groups excluding carboxylic acids is 2. The number of amides is 2. The number of nitrogens with one attached hydrogen (secondary N) is 1. The van der Waals surface area contributed by atoms with Gasteiger partial charge in [-0.2, -0.15) is 13.2 Å². The molecule has 1 aliphatic rings. The van der Waals surface area contributed by atoms with Crippen LogP contribution in [0.3, 0.4) is 0 Å².